The van der Waals surface area contributed by atoms with E-state index in [0.29, 0.717) is 12.1 Å². The maximum Gasteiger partial charge on any atom is 0.296 e. The molecule has 170 valence electrons. The van der Waals surface area contributed by atoms with Gasteiger partial charge in [0.15, 0.2) is 0 Å². The van der Waals surface area contributed by atoms with Crippen LogP contribution in [0.5, 0.6) is 0 Å². The second kappa shape index (κ2) is 8.70. The lowest BCUT2D eigenvalue weighted by Gasteiger charge is -2.15. The molecule has 0 fully saturated rings. The molecule has 0 spiro atoms. The Hall–Kier alpha value is -2.67. The van der Waals surface area contributed by atoms with Crippen molar-refractivity contribution in [2.45, 2.75) is 9.79 Å². The first-order valence-electron chi connectivity index (χ1n) is 7.63. The minimum Gasteiger partial charge on any atom is -0.368 e. The zero-order chi connectivity index (χ0) is 23.8. The fourth-order valence-corrected chi connectivity index (χ4v) is 4.07. The van der Waals surface area contributed by atoms with Gasteiger partial charge in [-0.1, -0.05) is 0 Å². The van der Waals surface area contributed by atoms with Crippen LogP contribution < -0.4 is 16.4 Å². The van der Waals surface area contributed by atoms with Gasteiger partial charge in [-0.3, -0.25) is 9.11 Å². The van der Waals surface area contributed by atoms with Crippen LogP contribution in [0.2, 0.25) is 15.9 Å². The van der Waals surface area contributed by atoms with E-state index in [9.17, 15) is 25.9 Å². The highest BCUT2D eigenvalue weighted by molar-refractivity contribution is 7.86. The third-order valence-corrected chi connectivity index (χ3v) is 5.63. The third-order valence-electron chi connectivity index (χ3n) is 3.34. The van der Waals surface area contributed by atoms with Gasteiger partial charge in [-0.15, -0.1) is 0 Å². The minimum atomic E-state index is -4.99. The number of nitrogens with one attached hydrogen (secondary N) is 2. The molecule has 0 aliphatic heterocycles. The quantitative estimate of drug-likeness (QED) is 0.277. The molecule has 3 rings (SSSR count). The van der Waals surface area contributed by atoms with E-state index < -0.39 is 53.3 Å². The Labute approximate surface area is 193 Å². The standard InChI is InChI=1S/C12H8Cl3N9O6S2/c13-7-19-8(14)22-11(21-7)17-3-1-6(32(28,29)30)4(2-5(3)31(25,26)27)18-12-23-9(15)20-10(16)24-12/h1-2H,(H,25,26,27)(H,28,29,30)(H,17,19,21,22)(H3,16,18,20,23,24). The number of hydrogen-bond donors (Lipinski definition) is 5. The van der Waals surface area contributed by atoms with E-state index in [-0.39, 0.29) is 21.8 Å². The summed E-state index contributed by atoms with van der Waals surface area (Å²) in [4.78, 5) is 19.8. The SMILES string of the molecule is Nc1nc(Cl)nc(Nc2cc(S(=O)(=O)O)c(Nc3nc(Cl)nc(Cl)n3)cc2S(=O)(=O)O)n1. The summed E-state index contributed by atoms with van der Waals surface area (Å²) in [6.07, 6.45) is 0. The fourth-order valence-electron chi connectivity index (χ4n) is 2.23. The minimum absolute atomic E-state index is 0.349. The fraction of sp³-hybridized carbons (Fsp3) is 0. The van der Waals surface area contributed by atoms with Gasteiger partial charge in [-0.25, -0.2) is 0 Å². The van der Waals surface area contributed by atoms with Crippen LogP contribution >= 0.6 is 34.8 Å². The summed E-state index contributed by atoms with van der Waals surface area (Å²) in [6, 6.07) is 1.30. The summed E-state index contributed by atoms with van der Waals surface area (Å²) >= 11 is 17.0. The maximum absolute atomic E-state index is 11.9. The number of aromatic nitrogens is 6. The van der Waals surface area contributed by atoms with Gasteiger partial charge >= 0.3 is 0 Å². The molecule has 20 heteroatoms. The zero-order valence-corrected chi connectivity index (χ0v) is 18.8. The predicted octanol–water partition coefficient (Wildman–Crippen LogP) is 1.58. The highest BCUT2D eigenvalue weighted by atomic mass is 35.5. The number of hydrogen-bond acceptors (Lipinski definition) is 13. The molecular weight excluding hydrogens is 537 g/mol. The lowest BCUT2D eigenvalue weighted by atomic mass is 10.2. The van der Waals surface area contributed by atoms with Crippen LogP contribution in [0.4, 0.5) is 29.2 Å². The van der Waals surface area contributed by atoms with E-state index in [0.717, 1.165) is 0 Å². The molecule has 3 aromatic rings. The average molecular weight is 545 g/mol. The van der Waals surface area contributed by atoms with Crippen molar-refractivity contribution in [1.29, 1.82) is 0 Å². The topological polar surface area (TPSA) is 236 Å². The largest absolute Gasteiger partial charge is 0.368 e. The Balaban J connectivity index is 2.22. The maximum atomic E-state index is 11.9. The van der Waals surface area contributed by atoms with Gasteiger partial charge in [0, 0.05) is 0 Å². The number of nitrogen functional groups attached to an aromatic ring is 1. The number of rotatable bonds is 6. The van der Waals surface area contributed by atoms with Crippen molar-refractivity contribution in [2.75, 3.05) is 16.4 Å². The molecule has 0 bridgehead atoms. The van der Waals surface area contributed by atoms with E-state index in [4.69, 9.17) is 40.5 Å². The second-order valence-electron chi connectivity index (χ2n) is 5.53. The summed E-state index contributed by atoms with van der Waals surface area (Å²) in [5.74, 6) is -1.15. The molecule has 6 N–H and O–H groups in total. The Bertz CT molecular complexity index is 1290. The normalized spacial score (nSPS) is 11.9. The first-order chi connectivity index (χ1) is 14.7. The Morgan fingerprint density at radius 2 is 1.06 bits per heavy atom. The molecule has 1 aromatic carbocycles. The highest BCUT2D eigenvalue weighted by Gasteiger charge is 2.26. The lowest BCUT2D eigenvalue weighted by molar-refractivity contribution is 0.479. The molecule has 0 aliphatic carbocycles. The van der Waals surface area contributed by atoms with E-state index in [1.165, 1.54) is 0 Å². The van der Waals surface area contributed by atoms with Crippen molar-refractivity contribution < 1.29 is 25.9 Å². The smallest absolute Gasteiger partial charge is 0.296 e. The second-order valence-corrected chi connectivity index (χ2v) is 9.32. The molecule has 0 saturated carbocycles. The molecule has 2 heterocycles. The highest BCUT2D eigenvalue weighted by Crippen LogP contribution is 2.34. The number of anilines is 5. The van der Waals surface area contributed by atoms with Gasteiger partial charge in [0.25, 0.3) is 20.2 Å². The van der Waals surface area contributed by atoms with E-state index in [1.807, 2.05) is 0 Å². The summed E-state index contributed by atoms with van der Waals surface area (Å²) in [5.41, 5.74) is 4.29. The van der Waals surface area contributed by atoms with Crippen LogP contribution in [0, 0.1) is 0 Å². The predicted molar refractivity (Wildman–Crippen MR) is 112 cm³/mol. The molecule has 0 radical (unpaired) electrons. The lowest BCUT2D eigenvalue weighted by Crippen LogP contribution is -2.12. The van der Waals surface area contributed by atoms with Crippen molar-refractivity contribution in [3.05, 3.63) is 28.0 Å². The molecule has 0 amide bonds. The van der Waals surface area contributed by atoms with Gasteiger partial charge < -0.3 is 16.4 Å². The third kappa shape index (κ3) is 5.76. The Morgan fingerprint density at radius 3 is 1.44 bits per heavy atom. The first-order valence-corrected chi connectivity index (χ1v) is 11.6. The molecule has 32 heavy (non-hydrogen) atoms. The van der Waals surface area contributed by atoms with Gasteiger partial charge in [0.1, 0.15) is 9.79 Å². The van der Waals surface area contributed by atoms with Crippen molar-refractivity contribution in [3.63, 3.8) is 0 Å². The zero-order valence-electron chi connectivity index (χ0n) is 14.9. The molecule has 0 atom stereocenters. The van der Waals surface area contributed by atoms with Crippen LogP contribution in [0.1, 0.15) is 0 Å². The van der Waals surface area contributed by atoms with Gasteiger partial charge in [-0.05, 0) is 46.9 Å². The summed E-state index contributed by atoms with van der Waals surface area (Å²) in [6.45, 7) is 0. The first kappa shape index (κ1) is 24.0. The Morgan fingerprint density at radius 1 is 0.688 bits per heavy atom. The number of benzene rings is 1. The molecule has 0 unspecified atom stereocenters. The summed E-state index contributed by atoms with van der Waals surface area (Å²) in [7, 11) is -9.97. The van der Waals surface area contributed by atoms with E-state index >= 15 is 0 Å². The van der Waals surface area contributed by atoms with Crippen molar-refractivity contribution in [2.24, 2.45) is 0 Å². The number of nitrogens with zero attached hydrogens (tertiary/aromatic N) is 6. The van der Waals surface area contributed by atoms with Crippen LogP contribution in [0.15, 0.2) is 21.9 Å². The van der Waals surface area contributed by atoms with E-state index in [1.54, 1.807) is 0 Å². The van der Waals surface area contributed by atoms with Crippen LogP contribution in [-0.4, -0.2) is 55.8 Å². The summed E-state index contributed by atoms with van der Waals surface area (Å²) < 4.78 is 67.0. The monoisotopic (exact) mass is 543 g/mol. The van der Waals surface area contributed by atoms with Crippen molar-refractivity contribution in [3.8, 4) is 0 Å². The molecule has 15 nitrogen and oxygen atoms in total. The molecular formula is C12H8Cl3N9O6S2. The van der Waals surface area contributed by atoms with Gasteiger partial charge in [-0.2, -0.15) is 46.7 Å². The summed E-state index contributed by atoms with van der Waals surface area (Å²) in [5, 5.41) is 3.53. The van der Waals surface area contributed by atoms with Crippen molar-refractivity contribution in [1.82, 2.24) is 29.9 Å². The van der Waals surface area contributed by atoms with E-state index in [2.05, 4.69) is 40.5 Å². The van der Waals surface area contributed by atoms with Crippen LogP contribution in [-0.2, 0) is 20.2 Å². The van der Waals surface area contributed by atoms with Crippen molar-refractivity contribution >= 4 is 84.3 Å². The van der Waals surface area contributed by atoms with Crippen LogP contribution in [0.3, 0.4) is 0 Å². The molecule has 0 saturated heterocycles. The Kier molecular flexibility index (Phi) is 6.52. The van der Waals surface area contributed by atoms with Gasteiger partial charge in [0.2, 0.25) is 33.7 Å². The molecule has 2 aromatic heterocycles. The number of nitrogens with two attached hydrogens (primary N) is 1. The van der Waals surface area contributed by atoms with Crippen LogP contribution in [0.25, 0.3) is 0 Å². The molecule has 0 aliphatic rings. The van der Waals surface area contributed by atoms with Gasteiger partial charge in [0.05, 0.1) is 11.4 Å². The average Bonchev–Trinajstić information content (AvgIpc) is 2.59. The number of halogens is 3.